The summed E-state index contributed by atoms with van der Waals surface area (Å²) in [6.07, 6.45) is 0.255. The maximum absolute atomic E-state index is 10.6. The molecule has 1 aromatic rings. The van der Waals surface area contributed by atoms with Crippen LogP contribution in [-0.4, -0.2) is 58.3 Å². The number of halogens is 3. The molecule has 1 aliphatic rings. The van der Waals surface area contributed by atoms with Crippen LogP contribution >= 0.6 is 0 Å². The minimum absolute atomic E-state index is 0.975. The average molecular weight is 292 g/mol. The molecule has 0 atom stereocenters. The molecule has 2 heterocycles. The number of carboxylic acid groups (broad SMARTS) is 1. The number of carbonyl (C=O) groups is 1. The molecule has 0 amide bonds. The van der Waals surface area contributed by atoms with Crippen LogP contribution in [-0.2, 0) is 11.3 Å². The molecule has 1 fully saturated rings. The highest BCUT2D eigenvalue weighted by molar-refractivity contribution is 5.73. The van der Waals surface area contributed by atoms with Gasteiger partial charge in [-0.25, -0.2) is 14.8 Å². The Labute approximate surface area is 113 Å². The number of alkyl halides is 3. The van der Waals surface area contributed by atoms with Crippen molar-refractivity contribution in [3.8, 4) is 0 Å². The summed E-state index contributed by atoms with van der Waals surface area (Å²) in [4.78, 5) is 19.3. The number of hydrogen-bond donors (Lipinski definition) is 2. The van der Waals surface area contributed by atoms with Gasteiger partial charge in [-0.05, 0) is 0 Å². The van der Waals surface area contributed by atoms with E-state index in [9.17, 15) is 13.2 Å². The normalized spacial score (nSPS) is 16.1. The average Bonchev–Trinajstić information content (AvgIpc) is 2.40. The third-order valence-corrected chi connectivity index (χ3v) is 2.47. The van der Waals surface area contributed by atoms with Crippen molar-refractivity contribution in [2.75, 3.05) is 26.2 Å². The predicted molar refractivity (Wildman–Crippen MR) is 63.9 cm³/mol. The standard InChI is InChI=1S/C9H14N4.C2HF3O2/c1-3-13(4-2-10-1)7-9-5-11-8-12-6-9;3-2(4,5)1(6)7/h5-6,8,10H,1-4,7H2;(H,6,7). The molecular formula is C11H15F3N4O2. The first-order valence-electron chi connectivity index (χ1n) is 5.86. The Hall–Kier alpha value is -1.74. The van der Waals surface area contributed by atoms with Gasteiger partial charge in [-0.2, -0.15) is 13.2 Å². The van der Waals surface area contributed by atoms with Gasteiger partial charge in [0.15, 0.2) is 0 Å². The summed E-state index contributed by atoms with van der Waals surface area (Å²) in [5.74, 6) is -2.76. The SMILES string of the molecule is O=C(O)C(F)(F)F.c1ncc(CN2CCNCC2)cn1. The highest BCUT2D eigenvalue weighted by Gasteiger charge is 2.38. The molecule has 112 valence electrons. The molecule has 0 radical (unpaired) electrons. The summed E-state index contributed by atoms with van der Waals surface area (Å²) in [5, 5.41) is 10.5. The third kappa shape index (κ3) is 6.43. The highest BCUT2D eigenvalue weighted by Crippen LogP contribution is 2.13. The van der Waals surface area contributed by atoms with E-state index >= 15 is 0 Å². The maximum Gasteiger partial charge on any atom is 0.490 e. The fourth-order valence-corrected chi connectivity index (χ4v) is 1.54. The monoisotopic (exact) mass is 292 g/mol. The molecule has 1 aliphatic heterocycles. The maximum atomic E-state index is 10.6. The number of nitrogens with one attached hydrogen (secondary N) is 1. The van der Waals surface area contributed by atoms with Crippen LogP contribution in [0, 0.1) is 0 Å². The zero-order valence-corrected chi connectivity index (χ0v) is 10.6. The van der Waals surface area contributed by atoms with E-state index in [0.717, 1.165) is 32.7 Å². The lowest BCUT2D eigenvalue weighted by Gasteiger charge is -2.26. The Kier molecular flexibility index (Phi) is 6.32. The summed E-state index contributed by atoms with van der Waals surface area (Å²) in [6.45, 7) is 5.40. The van der Waals surface area contributed by atoms with Gasteiger partial charge in [0.05, 0.1) is 0 Å². The van der Waals surface area contributed by atoms with Crippen LogP contribution in [0.4, 0.5) is 13.2 Å². The van der Waals surface area contributed by atoms with Crippen molar-refractivity contribution in [1.29, 1.82) is 0 Å². The van der Waals surface area contributed by atoms with Crippen LogP contribution in [0.15, 0.2) is 18.7 Å². The van der Waals surface area contributed by atoms with E-state index in [1.807, 2.05) is 12.4 Å². The van der Waals surface area contributed by atoms with E-state index in [1.54, 1.807) is 6.33 Å². The van der Waals surface area contributed by atoms with Crippen molar-refractivity contribution in [2.45, 2.75) is 12.7 Å². The highest BCUT2D eigenvalue weighted by atomic mass is 19.4. The van der Waals surface area contributed by atoms with Gasteiger partial charge in [-0.3, -0.25) is 4.90 Å². The van der Waals surface area contributed by atoms with Crippen LogP contribution in [0.25, 0.3) is 0 Å². The molecule has 1 aromatic heterocycles. The summed E-state index contributed by atoms with van der Waals surface area (Å²) in [7, 11) is 0. The van der Waals surface area contributed by atoms with Gasteiger partial charge in [0.25, 0.3) is 0 Å². The van der Waals surface area contributed by atoms with E-state index in [2.05, 4.69) is 20.2 Å². The van der Waals surface area contributed by atoms with Gasteiger partial charge >= 0.3 is 12.1 Å². The lowest BCUT2D eigenvalue weighted by Crippen LogP contribution is -2.42. The quantitative estimate of drug-likeness (QED) is 0.827. The predicted octanol–water partition coefficient (Wildman–Crippen LogP) is 0.515. The second-order valence-electron chi connectivity index (χ2n) is 4.08. The molecule has 0 unspecified atom stereocenters. The minimum Gasteiger partial charge on any atom is -0.475 e. The molecular weight excluding hydrogens is 277 g/mol. The minimum atomic E-state index is -5.08. The Balaban J connectivity index is 0.000000246. The molecule has 9 heteroatoms. The summed E-state index contributed by atoms with van der Waals surface area (Å²) in [5.41, 5.74) is 1.20. The van der Waals surface area contributed by atoms with Gasteiger partial charge in [0, 0.05) is 50.7 Å². The first kappa shape index (κ1) is 16.3. The molecule has 0 aromatic carbocycles. The van der Waals surface area contributed by atoms with Gasteiger partial charge in [-0.15, -0.1) is 0 Å². The first-order valence-corrected chi connectivity index (χ1v) is 5.86. The Morgan fingerprint density at radius 1 is 1.30 bits per heavy atom. The van der Waals surface area contributed by atoms with Crippen LogP contribution < -0.4 is 5.32 Å². The number of rotatable bonds is 2. The van der Waals surface area contributed by atoms with Gasteiger partial charge in [0.2, 0.25) is 0 Å². The summed E-state index contributed by atoms with van der Waals surface area (Å²) >= 11 is 0. The van der Waals surface area contributed by atoms with Gasteiger partial charge < -0.3 is 10.4 Å². The van der Waals surface area contributed by atoms with E-state index in [4.69, 9.17) is 9.90 Å². The van der Waals surface area contributed by atoms with Crippen LogP contribution in [0.2, 0.25) is 0 Å². The first-order chi connectivity index (χ1) is 9.39. The lowest BCUT2D eigenvalue weighted by molar-refractivity contribution is -0.192. The summed E-state index contributed by atoms with van der Waals surface area (Å²) in [6, 6.07) is 0. The fourth-order valence-electron chi connectivity index (χ4n) is 1.54. The van der Waals surface area contributed by atoms with Crippen molar-refractivity contribution in [3.63, 3.8) is 0 Å². The molecule has 6 nitrogen and oxygen atoms in total. The molecule has 0 bridgehead atoms. The molecule has 0 aliphatic carbocycles. The smallest absolute Gasteiger partial charge is 0.475 e. The zero-order valence-electron chi connectivity index (χ0n) is 10.6. The van der Waals surface area contributed by atoms with E-state index in [1.165, 1.54) is 5.56 Å². The van der Waals surface area contributed by atoms with Crippen molar-refractivity contribution in [3.05, 3.63) is 24.3 Å². The topological polar surface area (TPSA) is 78.3 Å². The Morgan fingerprint density at radius 2 is 1.80 bits per heavy atom. The Bertz CT molecular complexity index is 408. The largest absolute Gasteiger partial charge is 0.490 e. The molecule has 0 spiro atoms. The fraction of sp³-hybridized carbons (Fsp3) is 0.545. The lowest BCUT2D eigenvalue weighted by atomic mass is 10.3. The van der Waals surface area contributed by atoms with E-state index in [0.29, 0.717) is 0 Å². The van der Waals surface area contributed by atoms with Crippen molar-refractivity contribution >= 4 is 5.97 Å². The number of piperazine rings is 1. The summed E-state index contributed by atoms with van der Waals surface area (Å²) < 4.78 is 31.7. The molecule has 2 N–H and O–H groups in total. The number of aromatic nitrogens is 2. The van der Waals surface area contributed by atoms with E-state index < -0.39 is 12.1 Å². The van der Waals surface area contributed by atoms with Crippen LogP contribution in [0.5, 0.6) is 0 Å². The number of nitrogens with zero attached hydrogens (tertiary/aromatic N) is 3. The van der Waals surface area contributed by atoms with Gasteiger partial charge in [0.1, 0.15) is 6.33 Å². The third-order valence-electron chi connectivity index (χ3n) is 2.47. The zero-order chi connectivity index (χ0) is 15.0. The van der Waals surface area contributed by atoms with Crippen LogP contribution in [0.1, 0.15) is 5.56 Å². The molecule has 2 rings (SSSR count). The molecule has 20 heavy (non-hydrogen) atoms. The van der Waals surface area contributed by atoms with E-state index in [-0.39, 0.29) is 0 Å². The second kappa shape index (κ2) is 7.75. The van der Waals surface area contributed by atoms with Crippen molar-refractivity contribution < 1.29 is 23.1 Å². The van der Waals surface area contributed by atoms with Crippen molar-refractivity contribution in [1.82, 2.24) is 20.2 Å². The number of aliphatic carboxylic acids is 1. The number of hydrogen-bond acceptors (Lipinski definition) is 5. The molecule has 1 saturated heterocycles. The van der Waals surface area contributed by atoms with Crippen molar-refractivity contribution in [2.24, 2.45) is 0 Å². The van der Waals surface area contributed by atoms with Gasteiger partial charge in [-0.1, -0.05) is 0 Å². The van der Waals surface area contributed by atoms with Crippen LogP contribution in [0.3, 0.4) is 0 Å². The number of carboxylic acids is 1. The Morgan fingerprint density at radius 3 is 2.25 bits per heavy atom. The second-order valence-corrected chi connectivity index (χ2v) is 4.08. The molecule has 0 saturated carbocycles.